The fourth-order valence-electron chi connectivity index (χ4n) is 4.95. The van der Waals surface area contributed by atoms with Crippen LogP contribution in [0.5, 0.6) is 5.75 Å². The van der Waals surface area contributed by atoms with Crippen molar-refractivity contribution < 1.29 is 19.1 Å². The minimum atomic E-state index is -0.577. The van der Waals surface area contributed by atoms with Gasteiger partial charge in [-0.15, -0.1) is 0 Å². The Hall–Kier alpha value is -4.96. The van der Waals surface area contributed by atoms with Crippen molar-refractivity contribution in [3.63, 3.8) is 0 Å². The number of carbonyl (C=O) groups excluding carboxylic acids is 2. The zero-order chi connectivity index (χ0) is 27.4. The largest absolute Gasteiger partial charge is 0.497 e. The van der Waals surface area contributed by atoms with Crippen LogP contribution in [0.2, 0.25) is 0 Å². The van der Waals surface area contributed by atoms with E-state index in [0.717, 1.165) is 34.6 Å². The molecule has 3 aromatic carbocycles. The molecule has 7 heteroatoms. The Bertz CT molecular complexity index is 1630. The molecule has 4 aromatic rings. The third kappa shape index (κ3) is 5.51. The maximum Gasteiger partial charge on any atom is 0.339 e. The maximum absolute atomic E-state index is 13.5. The van der Waals surface area contributed by atoms with Gasteiger partial charge in [0.1, 0.15) is 11.8 Å². The SMILES string of the molecule is COc1ccc(/C=C2/CC(C)Cc3c2nc2ccccc2c3C(=O)OCC(=O)Nc2ccccc2C#N)cc1. The maximum atomic E-state index is 13.5. The summed E-state index contributed by atoms with van der Waals surface area (Å²) in [7, 11) is 1.64. The van der Waals surface area contributed by atoms with Gasteiger partial charge in [-0.05, 0) is 71.9 Å². The highest BCUT2D eigenvalue weighted by atomic mass is 16.5. The number of aromatic nitrogens is 1. The van der Waals surface area contributed by atoms with Gasteiger partial charge in [-0.1, -0.05) is 49.4 Å². The average molecular weight is 518 g/mol. The van der Waals surface area contributed by atoms with E-state index >= 15 is 0 Å². The Morgan fingerprint density at radius 2 is 1.79 bits per heavy atom. The van der Waals surface area contributed by atoms with Crippen LogP contribution in [0.25, 0.3) is 22.6 Å². The van der Waals surface area contributed by atoms with Crippen molar-refractivity contribution in [3.05, 3.63) is 101 Å². The van der Waals surface area contributed by atoms with Crippen molar-refractivity contribution in [2.75, 3.05) is 19.0 Å². The molecule has 0 saturated heterocycles. The number of para-hydroxylation sites is 2. The van der Waals surface area contributed by atoms with Crippen molar-refractivity contribution in [1.82, 2.24) is 4.98 Å². The number of rotatable bonds is 6. The molecule has 1 aromatic heterocycles. The van der Waals surface area contributed by atoms with Gasteiger partial charge in [0.05, 0.1) is 35.1 Å². The Labute approximate surface area is 226 Å². The lowest BCUT2D eigenvalue weighted by Gasteiger charge is -2.26. The summed E-state index contributed by atoms with van der Waals surface area (Å²) in [5, 5.41) is 12.6. The van der Waals surface area contributed by atoms with Crippen LogP contribution in [-0.2, 0) is 16.0 Å². The number of allylic oxidation sites excluding steroid dienone is 1. The van der Waals surface area contributed by atoms with Crippen LogP contribution in [0.1, 0.15) is 46.1 Å². The molecule has 0 fully saturated rings. The number of carbonyl (C=O) groups is 2. The Morgan fingerprint density at radius 1 is 1.05 bits per heavy atom. The lowest BCUT2D eigenvalue weighted by atomic mass is 9.80. The molecule has 5 rings (SSSR count). The standard InChI is InChI=1S/C32H27N3O4/c1-20-15-23(17-21-11-13-24(38-2)14-12-21)31-26(16-20)30(25-8-4-6-10-28(25)35-31)32(37)39-19-29(36)34-27-9-5-3-7-22(27)18-33/h3-14,17,20H,15-16,19H2,1-2H3,(H,34,36)/b23-17-. The highest BCUT2D eigenvalue weighted by Crippen LogP contribution is 2.39. The summed E-state index contributed by atoms with van der Waals surface area (Å²) >= 11 is 0. The third-order valence-corrected chi connectivity index (χ3v) is 6.74. The second-order valence-electron chi connectivity index (χ2n) is 9.57. The number of pyridine rings is 1. The predicted molar refractivity (Wildman–Crippen MR) is 150 cm³/mol. The van der Waals surface area contributed by atoms with E-state index in [9.17, 15) is 14.9 Å². The number of hydrogen-bond donors (Lipinski definition) is 1. The highest BCUT2D eigenvalue weighted by Gasteiger charge is 2.29. The molecule has 1 heterocycles. The van der Waals surface area contributed by atoms with E-state index in [2.05, 4.69) is 18.3 Å². The first kappa shape index (κ1) is 25.7. The van der Waals surface area contributed by atoms with E-state index in [-0.39, 0.29) is 5.92 Å². The predicted octanol–water partition coefficient (Wildman–Crippen LogP) is 6.03. The first-order valence-corrected chi connectivity index (χ1v) is 12.7. The molecule has 1 N–H and O–H groups in total. The number of esters is 1. The number of nitrogens with one attached hydrogen (secondary N) is 1. The van der Waals surface area contributed by atoms with Crippen LogP contribution in [0.15, 0.2) is 72.8 Å². The summed E-state index contributed by atoms with van der Waals surface area (Å²) < 4.78 is 10.8. The van der Waals surface area contributed by atoms with E-state index in [1.807, 2.05) is 54.6 Å². The quantitative estimate of drug-likeness (QED) is 0.313. The van der Waals surface area contributed by atoms with Crippen molar-refractivity contribution >= 4 is 40.1 Å². The summed E-state index contributed by atoms with van der Waals surface area (Å²) in [5.74, 6) is -0.0376. The second-order valence-corrected chi connectivity index (χ2v) is 9.57. The zero-order valence-corrected chi connectivity index (χ0v) is 21.7. The smallest absolute Gasteiger partial charge is 0.339 e. The van der Waals surface area contributed by atoms with E-state index in [4.69, 9.17) is 14.5 Å². The van der Waals surface area contributed by atoms with E-state index in [1.165, 1.54) is 0 Å². The van der Waals surface area contributed by atoms with Crippen LogP contribution < -0.4 is 10.1 Å². The molecule has 0 saturated carbocycles. The number of benzene rings is 3. The van der Waals surface area contributed by atoms with Crippen molar-refractivity contribution in [3.8, 4) is 11.8 Å². The first-order valence-electron chi connectivity index (χ1n) is 12.7. The summed E-state index contributed by atoms with van der Waals surface area (Å²) in [4.78, 5) is 31.1. The number of anilines is 1. The fraction of sp³-hybridized carbons (Fsp3) is 0.188. The van der Waals surface area contributed by atoms with Gasteiger partial charge in [-0.3, -0.25) is 4.79 Å². The lowest BCUT2D eigenvalue weighted by Crippen LogP contribution is -2.23. The number of nitrogens with zero attached hydrogens (tertiary/aromatic N) is 2. The molecule has 39 heavy (non-hydrogen) atoms. The van der Waals surface area contributed by atoms with Crippen LogP contribution >= 0.6 is 0 Å². The molecule has 7 nitrogen and oxygen atoms in total. The van der Waals surface area contributed by atoms with Gasteiger partial charge in [0.2, 0.25) is 0 Å². The van der Waals surface area contributed by atoms with Gasteiger partial charge in [0.25, 0.3) is 5.91 Å². The van der Waals surface area contributed by atoms with Gasteiger partial charge in [-0.2, -0.15) is 5.26 Å². The van der Waals surface area contributed by atoms with Crippen LogP contribution in [0.3, 0.4) is 0 Å². The topological polar surface area (TPSA) is 101 Å². The normalized spacial score (nSPS) is 15.3. The van der Waals surface area contributed by atoms with Gasteiger partial charge < -0.3 is 14.8 Å². The van der Waals surface area contributed by atoms with Crippen LogP contribution in [0.4, 0.5) is 5.69 Å². The summed E-state index contributed by atoms with van der Waals surface area (Å²) in [6.07, 6.45) is 3.59. The molecule has 1 aliphatic rings. The molecule has 1 atom stereocenters. The fourth-order valence-corrected chi connectivity index (χ4v) is 4.95. The molecule has 1 amide bonds. The van der Waals surface area contributed by atoms with Gasteiger partial charge in [0.15, 0.2) is 6.61 Å². The van der Waals surface area contributed by atoms with Gasteiger partial charge in [0, 0.05) is 5.39 Å². The molecular weight excluding hydrogens is 490 g/mol. The number of amides is 1. The van der Waals surface area contributed by atoms with E-state index < -0.39 is 18.5 Å². The average Bonchev–Trinajstić information content (AvgIpc) is 2.95. The van der Waals surface area contributed by atoms with Gasteiger partial charge >= 0.3 is 5.97 Å². The summed E-state index contributed by atoms with van der Waals surface area (Å²) in [6, 6.07) is 24.0. The number of hydrogen-bond acceptors (Lipinski definition) is 6. The van der Waals surface area contributed by atoms with Crippen molar-refractivity contribution in [2.45, 2.75) is 19.8 Å². The summed E-state index contributed by atoms with van der Waals surface area (Å²) in [6.45, 7) is 1.67. The molecule has 1 unspecified atom stereocenters. The van der Waals surface area contributed by atoms with E-state index in [1.54, 1.807) is 31.4 Å². The van der Waals surface area contributed by atoms with E-state index in [0.29, 0.717) is 34.1 Å². The molecule has 0 bridgehead atoms. The number of ether oxygens (including phenoxy) is 2. The third-order valence-electron chi connectivity index (χ3n) is 6.74. The number of fused-ring (bicyclic) bond motifs is 2. The molecule has 0 aliphatic heterocycles. The van der Waals surface area contributed by atoms with Crippen LogP contribution in [-0.4, -0.2) is 30.6 Å². The Balaban J connectivity index is 1.48. The molecule has 0 radical (unpaired) electrons. The lowest BCUT2D eigenvalue weighted by molar-refractivity contribution is -0.119. The highest BCUT2D eigenvalue weighted by molar-refractivity contribution is 6.07. The summed E-state index contributed by atoms with van der Waals surface area (Å²) in [5.41, 5.74) is 5.48. The number of nitriles is 1. The zero-order valence-electron chi connectivity index (χ0n) is 21.7. The Kier molecular flexibility index (Phi) is 7.37. The number of methoxy groups -OCH3 is 1. The molecule has 1 aliphatic carbocycles. The minimum absolute atomic E-state index is 0.280. The second kappa shape index (κ2) is 11.2. The molecule has 0 spiro atoms. The van der Waals surface area contributed by atoms with Crippen molar-refractivity contribution in [1.29, 1.82) is 5.26 Å². The molecule has 194 valence electrons. The van der Waals surface area contributed by atoms with Crippen LogP contribution in [0, 0.1) is 17.2 Å². The molecular formula is C32H27N3O4. The van der Waals surface area contributed by atoms with Gasteiger partial charge in [-0.25, -0.2) is 9.78 Å². The van der Waals surface area contributed by atoms with Crippen molar-refractivity contribution in [2.24, 2.45) is 5.92 Å². The minimum Gasteiger partial charge on any atom is -0.497 e. The monoisotopic (exact) mass is 517 g/mol. The Morgan fingerprint density at radius 3 is 2.56 bits per heavy atom. The first-order chi connectivity index (χ1) is 19.0.